The van der Waals surface area contributed by atoms with Crippen molar-refractivity contribution in [3.05, 3.63) is 51.6 Å². The van der Waals surface area contributed by atoms with Crippen molar-refractivity contribution in [1.82, 2.24) is 4.90 Å². The van der Waals surface area contributed by atoms with E-state index in [0.717, 1.165) is 6.07 Å². The van der Waals surface area contributed by atoms with Gasteiger partial charge in [-0.3, -0.25) is 9.59 Å². The number of carbonyl (C=O) groups excluding carboxylic acids is 1. The van der Waals surface area contributed by atoms with Gasteiger partial charge in [-0.2, -0.15) is 0 Å². The largest absolute Gasteiger partial charge is 0.504 e. The molecule has 1 aromatic carbocycles. The lowest BCUT2D eigenvalue weighted by molar-refractivity contribution is -0.135. The molecule has 2 N–H and O–H groups in total. The van der Waals surface area contributed by atoms with Gasteiger partial charge in [0, 0.05) is 32.7 Å². The number of methoxy groups -OCH3 is 2. The summed E-state index contributed by atoms with van der Waals surface area (Å²) >= 11 is 0. The number of benzene rings is 1. The molecule has 0 radical (unpaired) electrons. The van der Waals surface area contributed by atoms with Crippen LogP contribution in [0.4, 0.5) is 0 Å². The van der Waals surface area contributed by atoms with E-state index in [4.69, 9.17) is 18.6 Å². The summed E-state index contributed by atoms with van der Waals surface area (Å²) < 4.78 is 21.1. The first-order chi connectivity index (χ1) is 14.4. The standard InChI is InChI=1S/C21H25NO8/c1-27-12-14-10-17(24)20(26)21(30-14)15(11-19(25)22-5-7-29-8-6-22)13-3-4-18(28-2)16(23)9-13/h3-4,9-10,15,23,26H,5-8,11-12H2,1-2H3/t15-/m0/s1. The Bertz CT molecular complexity index is 949. The number of morpholine rings is 1. The van der Waals surface area contributed by atoms with Gasteiger partial charge in [-0.25, -0.2) is 0 Å². The predicted molar refractivity (Wildman–Crippen MR) is 106 cm³/mol. The molecular weight excluding hydrogens is 394 g/mol. The van der Waals surface area contributed by atoms with E-state index < -0.39 is 17.1 Å². The first kappa shape index (κ1) is 21.7. The van der Waals surface area contributed by atoms with Crippen LogP contribution in [-0.2, 0) is 20.9 Å². The van der Waals surface area contributed by atoms with Crippen molar-refractivity contribution >= 4 is 5.91 Å². The smallest absolute Gasteiger partial charge is 0.227 e. The zero-order chi connectivity index (χ0) is 21.7. The Hall–Kier alpha value is -3.04. The van der Waals surface area contributed by atoms with Crippen molar-refractivity contribution in [2.24, 2.45) is 0 Å². The van der Waals surface area contributed by atoms with Crippen LogP contribution in [0.25, 0.3) is 0 Å². The van der Waals surface area contributed by atoms with Crippen LogP contribution in [0.15, 0.2) is 33.5 Å². The number of nitrogens with zero attached hydrogens (tertiary/aromatic N) is 1. The molecule has 3 rings (SSSR count). The van der Waals surface area contributed by atoms with Crippen LogP contribution in [0.1, 0.15) is 29.4 Å². The number of hydrogen-bond acceptors (Lipinski definition) is 8. The normalized spacial score (nSPS) is 15.1. The fraction of sp³-hybridized carbons (Fsp3) is 0.429. The Kier molecular flexibility index (Phi) is 6.96. The average molecular weight is 419 g/mol. The highest BCUT2D eigenvalue weighted by atomic mass is 16.5. The third kappa shape index (κ3) is 4.74. The molecule has 9 nitrogen and oxygen atoms in total. The fourth-order valence-electron chi connectivity index (χ4n) is 3.41. The molecule has 9 heteroatoms. The maximum absolute atomic E-state index is 12.9. The van der Waals surface area contributed by atoms with Gasteiger partial charge < -0.3 is 33.7 Å². The lowest BCUT2D eigenvalue weighted by Crippen LogP contribution is -2.41. The number of ether oxygens (including phenoxy) is 3. The van der Waals surface area contributed by atoms with E-state index in [9.17, 15) is 19.8 Å². The van der Waals surface area contributed by atoms with E-state index in [0.29, 0.717) is 31.9 Å². The first-order valence-corrected chi connectivity index (χ1v) is 9.51. The lowest BCUT2D eigenvalue weighted by Gasteiger charge is -2.28. The maximum atomic E-state index is 12.9. The fourth-order valence-corrected chi connectivity index (χ4v) is 3.41. The number of rotatable bonds is 7. The Morgan fingerprint density at radius 1 is 1.20 bits per heavy atom. The lowest BCUT2D eigenvalue weighted by atomic mass is 9.91. The van der Waals surface area contributed by atoms with Crippen molar-refractivity contribution < 1.29 is 33.6 Å². The van der Waals surface area contributed by atoms with Gasteiger partial charge in [0.15, 0.2) is 17.3 Å². The molecule has 1 aromatic heterocycles. The van der Waals surface area contributed by atoms with E-state index in [1.807, 2.05) is 0 Å². The van der Waals surface area contributed by atoms with Gasteiger partial charge in [0.2, 0.25) is 17.1 Å². The molecule has 0 unspecified atom stereocenters. The molecular formula is C21H25NO8. The van der Waals surface area contributed by atoms with Crippen molar-refractivity contribution in [2.75, 3.05) is 40.5 Å². The van der Waals surface area contributed by atoms with Crippen LogP contribution in [0.3, 0.4) is 0 Å². The number of hydrogen-bond donors (Lipinski definition) is 2. The highest BCUT2D eigenvalue weighted by Gasteiger charge is 2.29. The number of phenols is 1. The van der Waals surface area contributed by atoms with Crippen molar-refractivity contribution in [1.29, 1.82) is 0 Å². The number of amides is 1. The maximum Gasteiger partial charge on any atom is 0.227 e. The zero-order valence-electron chi connectivity index (χ0n) is 16.9. The van der Waals surface area contributed by atoms with Gasteiger partial charge in [-0.1, -0.05) is 6.07 Å². The first-order valence-electron chi connectivity index (χ1n) is 9.51. The van der Waals surface area contributed by atoms with Gasteiger partial charge in [0.1, 0.15) is 12.4 Å². The van der Waals surface area contributed by atoms with E-state index in [1.165, 1.54) is 20.3 Å². The molecule has 0 saturated carbocycles. The summed E-state index contributed by atoms with van der Waals surface area (Å²) in [5, 5.41) is 20.7. The Labute approximate surface area is 173 Å². The number of aromatic hydroxyl groups is 2. The van der Waals surface area contributed by atoms with Crippen LogP contribution < -0.4 is 10.2 Å². The summed E-state index contributed by atoms with van der Waals surface area (Å²) in [6.45, 7) is 1.84. The zero-order valence-corrected chi connectivity index (χ0v) is 16.9. The van der Waals surface area contributed by atoms with Gasteiger partial charge in [0.25, 0.3) is 0 Å². The number of phenolic OH excluding ortho intramolecular Hbond substituents is 1. The molecule has 1 aliphatic heterocycles. The van der Waals surface area contributed by atoms with Gasteiger partial charge in [0.05, 0.1) is 26.2 Å². The highest BCUT2D eigenvalue weighted by molar-refractivity contribution is 5.78. The molecule has 1 atom stereocenters. The SMILES string of the molecule is COCc1cc(=O)c(O)c([C@@H](CC(=O)N2CCOCC2)c2ccc(OC)c(O)c2)o1. The Morgan fingerprint density at radius 3 is 2.57 bits per heavy atom. The van der Waals surface area contributed by atoms with E-state index in [1.54, 1.807) is 17.0 Å². The molecule has 1 saturated heterocycles. The quantitative estimate of drug-likeness (QED) is 0.695. The average Bonchev–Trinajstić information content (AvgIpc) is 2.75. The van der Waals surface area contributed by atoms with Crippen molar-refractivity contribution in [3.8, 4) is 17.2 Å². The van der Waals surface area contributed by atoms with E-state index in [-0.39, 0.29) is 42.0 Å². The minimum absolute atomic E-state index is 0.0283. The molecule has 1 fully saturated rings. The molecule has 30 heavy (non-hydrogen) atoms. The summed E-state index contributed by atoms with van der Waals surface area (Å²) in [6.07, 6.45) is -0.0707. The number of carbonyl (C=O) groups is 1. The van der Waals surface area contributed by atoms with Crippen molar-refractivity contribution in [3.63, 3.8) is 0 Å². The van der Waals surface area contributed by atoms with E-state index in [2.05, 4.69) is 0 Å². The van der Waals surface area contributed by atoms with Gasteiger partial charge >= 0.3 is 0 Å². The van der Waals surface area contributed by atoms with Crippen LogP contribution in [-0.4, -0.2) is 61.5 Å². The van der Waals surface area contributed by atoms with Gasteiger partial charge in [-0.05, 0) is 17.7 Å². The van der Waals surface area contributed by atoms with Crippen molar-refractivity contribution in [2.45, 2.75) is 18.9 Å². The Balaban J connectivity index is 2.04. The highest BCUT2D eigenvalue weighted by Crippen LogP contribution is 2.37. The predicted octanol–water partition coefficient (Wildman–Crippen LogP) is 1.59. The third-order valence-electron chi connectivity index (χ3n) is 4.95. The second kappa shape index (κ2) is 9.64. The topological polar surface area (TPSA) is 119 Å². The Morgan fingerprint density at radius 2 is 1.93 bits per heavy atom. The molecule has 162 valence electrons. The minimum atomic E-state index is -0.804. The summed E-state index contributed by atoms with van der Waals surface area (Å²) in [6, 6.07) is 5.77. The van der Waals surface area contributed by atoms with Crippen LogP contribution in [0.2, 0.25) is 0 Å². The molecule has 0 spiro atoms. The van der Waals surface area contributed by atoms with Gasteiger partial charge in [-0.15, -0.1) is 0 Å². The second-order valence-electron chi connectivity index (χ2n) is 6.90. The third-order valence-corrected chi connectivity index (χ3v) is 4.95. The minimum Gasteiger partial charge on any atom is -0.504 e. The second-order valence-corrected chi connectivity index (χ2v) is 6.90. The molecule has 2 aromatic rings. The molecule has 0 aliphatic carbocycles. The monoisotopic (exact) mass is 419 g/mol. The molecule has 2 heterocycles. The van der Waals surface area contributed by atoms with E-state index >= 15 is 0 Å². The van der Waals surface area contributed by atoms with Crippen LogP contribution in [0.5, 0.6) is 17.2 Å². The molecule has 0 bridgehead atoms. The van der Waals surface area contributed by atoms with Crippen LogP contribution in [0, 0.1) is 0 Å². The molecule has 1 amide bonds. The summed E-state index contributed by atoms with van der Waals surface area (Å²) in [4.78, 5) is 26.9. The molecule has 1 aliphatic rings. The summed E-state index contributed by atoms with van der Waals surface area (Å²) in [5.41, 5.74) is -0.146. The summed E-state index contributed by atoms with van der Waals surface area (Å²) in [5.74, 6) is -1.27. The summed E-state index contributed by atoms with van der Waals surface area (Å²) in [7, 11) is 2.88. The van der Waals surface area contributed by atoms with Crippen LogP contribution >= 0.6 is 0 Å².